The van der Waals surface area contributed by atoms with Crippen LogP contribution in [0.25, 0.3) is 22.4 Å². The molecule has 26 heavy (non-hydrogen) atoms. The summed E-state index contributed by atoms with van der Waals surface area (Å²) in [6, 6.07) is 15.6. The van der Waals surface area contributed by atoms with Crippen LogP contribution in [0.4, 0.5) is 0 Å². The molecule has 0 saturated heterocycles. The Kier molecular flexibility index (Phi) is 3.91. The maximum atomic E-state index is 12.2. The molecule has 2 N–H and O–H groups in total. The van der Waals surface area contributed by atoms with Crippen LogP contribution in [-0.4, -0.2) is 22.0 Å². The Labute approximate surface area is 146 Å². The fourth-order valence-electron chi connectivity index (χ4n) is 2.35. The van der Waals surface area contributed by atoms with E-state index in [0.29, 0.717) is 17.0 Å². The van der Waals surface area contributed by atoms with Gasteiger partial charge in [-0.05, 0) is 24.3 Å². The number of fused-ring (bicyclic) bond motifs is 1. The summed E-state index contributed by atoms with van der Waals surface area (Å²) in [7, 11) is 0. The Morgan fingerprint density at radius 1 is 0.846 bits per heavy atom. The molecule has 1 aromatic carbocycles. The van der Waals surface area contributed by atoms with Crippen LogP contribution in [0.3, 0.4) is 0 Å². The Morgan fingerprint density at radius 2 is 1.65 bits per heavy atom. The minimum Gasteiger partial charge on any atom is -0.461 e. The van der Waals surface area contributed by atoms with Crippen molar-refractivity contribution in [2.75, 3.05) is 0 Å². The molecule has 0 bridgehead atoms. The third kappa shape index (κ3) is 3.03. The number of aromatic nitrogens is 2. The summed E-state index contributed by atoms with van der Waals surface area (Å²) in [5.41, 5.74) is 5.44. The monoisotopic (exact) mass is 348 g/mol. The van der Waals surface area contributed by atoms with Crippen LogP contribution in [0.2, 0.25) is 0 Å². The molecule has 0 aliphatic rings. The third-order valence-corrected chi connectivity index (χ3v) is 3.63. The standard InChI is InChI=1S/C18H12N4O4/c23-17(13-8-7-11-4-1-2-5-12(11)19-13)20-21-18(24)14-10-16(26-22-14)15-6-3-9-25-15/h1-10H,(H,20,23)(H,21,24). The number of hydrazine groups is 1. The third-order valence-electron chi connectivity index (χ3n) is 3.63. The van der Waals surface area contributed by atoms with Gasteiger partial charge in [-0.15, -0.1) is 0 Å². The minimum atomic E-state index is -0.624. The summed E-state index contributed by atoms with van der Waals surface area (Å²) >= 11 is 0. The smallest absolute Gasteiger partial charge is 0.291 e. The lowest BCUT2D eigenvalue weighted by Gasteiger charge is -2.06. The second-order valence-electron chi connectivity index (χ2n) is 5.35. The van der Waals surface area contributed by atoms with Crippen LogP contribution >= 0.6 is 0 Å². The zero-order chi connectivity index (χ0) is 17.9. The number of nitrogens with zero attached hydrogens (tertiary/aromatic N) is 2. The van der Waals surface area contributed by atoms with E-state index in [1.807, 2.05) is 18.2 Å². The minimum absolute atomic E-state index is 0.00294. The Morgan fingerprint density at radius 3 is 2.46 bits per heavy atom. The van der Waals surface area contributed by atoms with Crippen LogP contribution in [-0.2, 0) is 0 Å². The summed E-state index contributed by atoms with van der Waals surface area (Å²) in [4.78, 5) is 28.5. The lowest BCUT2D eigenvalue weighted by atomic mass is 10.2. The molecule has 0 unspecified atom stereocenters. The molecule has 8 nitrogen and oxygen atoms in total. The highest BCUT2D eigenvalue weighted by Crippen LogP contribution is 2.20. The molecule has 0 radical (unpaired) electrons. The fraction of sp³-hybridized carbons (Fsp3) is 0. The summed E-state index contributed by atoms with van der Waals surface area (Å²) < 4.78 is 10.2. The van der Waals surface area contributed by atoms with Crippen molar-refractivity contribution in [1.29, 1.82) is 0 Å². The van der Waals surface area contributed by atoms with E-state index in [0.717, 1.165) is 5.39 Å². The normalized spacial score (nSPS) is 10.6. The Hall–Kier alpha value is -3.94. The van der Waals surface area contributed by atoms with Crippen LogP contribution < -0.4 is 10.9 Å². The van der Waals surface area contributed by atoms with Crippen molar-refractivity contribution in [3.63, 3.8) is 0 Å². The van der Waals surface area contributed by atoms with E-state index < -0.39 is 11.8 Å². The number of hydrogen-bond acceptors (Lipinski definition) is 6. The Balaban J connectivity index is 1.42. The van der Waals surface area contributed by atoms with Crippen molar-refractivity contribution in [2.24, 2.45) is 0 Å². The van der Waals surface area contributed by atoms with Gasteiger partial charge in [-0.1, -0.05) is 29.4 Å². The maximum absolute atomic E-state index is 12.2. The number of carbonyl (C=O) groups excluding carboxylic acids is 2. The van der Waals surface area contributed by atoms with Crippen molar-refractivity contribution < 1.29 is 18.5 Å². The van der Waals surface area contributed by atoms with Crippen molar-refractivity contribution in [2.45, 2.75) is 0 Å². The van der Waals surface area contributed by atoms with Crippen LogP contribution in [0, 0.1) is 0 Å². The number of rotatable bonds is 3. The second-order valence-corrected chi connectivity index (χ2v) is 5.35. The fourth-order valence-corrected chi connectivity index (χ4v) is 2.35. The molecule has 128 valence electrons. The number of para-hydroxylation sites is 1. The van der Waals surface area contributed by atoms with Crippen molar-refractivity contribution in [3.8, 4) is 11.5 Å². The highest BCUT2D eigenvalue weighted by molar-refractivity contribution is 5.98. The molecule has 8 heteroatoms. The van der Waals surface area contributed by atoms with Gasteiger partial charge in [0, 0.05) is 11.5 Å². The molecular weight excluding hydrogens is 336 g/mol. The number of nitrogens with one attached hydrogen (secondary N) is 2. The number of amides is 2. The van der Waals surface area contributed by atoms with Crippen LogP contribution in [0.5, 0.6) is 0 Å². The highest BCUT2D eigenvalue weighted by atomic mass is 16.5. The van der Waals surface area contributed by atoms with Gasteiger partial charge in [0.05, 0.1) is 11.8 Å². The van der Waals surface area contributed by atoms with Crippen LogP contribution in [0.15, 0.2) is 69.8 Å². The largest absolute Gasteiger partial charge is 0.461 e. The summed E-state index contributed by atoms with van der Waals surface area (Å²) in [5.74, 6) is -0.414. The molecule has 0 fully saturated rings. The van der Waals surface area contributed by atoms with E-state index in [9.17, 15) is 9.59 Å². The van der Waals surface area contributed by atoms with Crippen LogP contribution in [0.1, 0.15) is 21.0 Å². The number of benzene rings is 1. The molecular formula is C18H12N4O4. The molecule has 4 aromatic rings. The van der Waals surface area contributed by atoms with E-state index in [-0.39, 0.29) is 11.4 Å². The van der Waals surface area contributed by atoms with Crippen molar-refractivity contribution in [1.82, 2.24) is 21.0 Å². The van der Waals surface area contributed by atoms with Gasteiger partial charge in [-0.2, -0.15) is 0 Å². The first-order valence-corrected chi connectivity index (χ1v) is 7.68. The quantitative estimate of drug-likeness (QED) is 0.551. The maximum Gasteiger partial charge on any atom is 0.291 e. The number of hydrogen-bond donors (Lipinski definition) is 2. The van der Waals surface area contributed by atoms with E-state index in [2.05, 4.69) is 21.0 Å². The molecule has 3 aromatic heterocycles. The van der Waals surface area contributed by atoms with E-state index in [4.69, 9.17) is 8.94 Å². The Bertz CT molecular complexity index is 1090. The topological polar surface area (TPSA) is 110 Å². The molecule has 0 saturated carbocycles. The average molecular weight is 348 g/mol. The number of furan rings is 1. The predicted octanol–water partition coefficient (Wildman–Crippen LogP) is 2.56. The zero-order valence-electron chi connectivity index (χ0n) is 13.3. The van der Waals surface area contributed by atoms with E-state index in [1.165, 1.54) is 12.3 Å². The van der Waals surface area contributed by atoms with Gasteiger partial charge < -0.3 is 8.94 Å². The first kappa shape index (κ1) is 15.6. The number of carbonyl (C=O) groups is 2. The molecule has 0 atom stereocenters. The molecule has 2 amide bonds. The molecule has 3 heterocycles. The highest BCUT2D eigenvalue weighted by Gasteiger charge is 2.16. The van der Waals surface area contributed by atoms with E-state index >= 15 is 0 Å². The van der Waals surface area contributed by atoms with Gasteiger partial charge in [-0.25, -0.2) is 4.98 Å². The molecule has 0 spiro atoms. The zero-order valence-corrected chi connectivity index (χ0v) is 13.3. The van der Waals surface area contributed by atoms with Gasteiger partial charge in [-0.3, -0.25) is 20.4 Å². The van der Waals surface area contributed by atoms with Crippen molar-refractivity contribution >= 4 is 22.7 Å². The van der Waals surface area contributed by atoms with Gasteiger partial charge >= 0.3 is 0 Å². The molecule has 0 aliphatic carbocycles. The first-order chi connectivity index (χ1) is 12.7. The van der Waals surface area contributed by atoms with Gasteiger partial charge in [0.2, 0.25) is 5.76 Å². The lowest BCUT2D eigenvalue weighted by Crippen LogP contribution is -2.42. The van der Waals surface area contributed by atoms with Crippen molar-refractivity contribution in [3.05, 3.63) is 72.2 Å². The van der Waals surface area contributed by atoms with E-state index in [1.54, 1.807) is 30.3 Å². The SMILES string of the molecule is O=C(NNC(=O)c1ccc2ccccc2n1)c1cc(-c2ccco2)on1. The lowest BCUT2D eigenvalue weighted by molar-refractivity contribution is 0.0839. The summed E-state index contributed by atoms with van der Waals surface area (Å²) in [6.45, 7) is 0. The first-order valence-electron chi connectivity index (χ1n) is 7.68. The molecule has 4 rings (SSSR count). The summed E-state index contributed by atoms with van der Waals surface area (Å²) in [5, 5.41) is 4.57. The van der Waals surface area contributed by atoms with Gasteiger partial charge in [0.15, 0.2) is 11.5 Å². The average Bonchev–Trinajstić information content (AvgIpc) is 3.36. The predicted molar refractivity (Wildman–Crippen MR) is 90.9 cm³/mol. The van der Waals surface area contributed by atoms with Gasteiger partial charge in [0.1, 0.15) is 5.69 Å². The summed E-state index contributed by atoms with van der Waals surface area (Å²) in [6.07, 6.45) is 1.48. The molecule has 0 aliphatic heterocycles. The second kappa shape index (κ2) is 6.52. The number of pyridine rings is 1. The van der Waals surface area contributed by atoms with Gasteiger partial charge in [0.25, 0.3) is 11.8 Å².